The minimum Gasteiger partial charge on any atom is -0.388 e. The van der Waals surface area contributed by atoms with Crippen LogP contribution in [0.1, 0.15) is 77.6 Å². The van der Waals surface area contributed by atoms with E-state index in [1.54, 1.807) is 0 Å². The molecule has 0 aromatic carbocycles. The molecular formula is C22H40N4. The predicted molar refractivity (Wildman–Crippen MR) is 115 cm³/mol. The number of rotatable bonds is 8. The predicted octanol–water partition coefficient (Wildman–Crippen LogP) is 3.49. The summed E-state index contributed by atoms with van der Waals surface area (Å²) < 4.78 is 0. The second-order valence-corrected chi connectivity index (χ2v) is 6.61. The Morgan fingerprint density at radius 2 is 1.69 bits per heavy atom. The van der Waals surface area contributed by atoms with Crippen molar-refractivity contribution in [2.45, 2.75) is 86.1 Å². The van der Waals surface area contributed by atoms with Gasteiger partial charge in [0.05, 0.1) is 11.4 Å². The van der Waals surface area contributed by atoms with Crippen molar-refractivity contribution < 1.29 is 0 Å². The van der Waals surface area contributed by atoms with E-state index in [2.05, 4.69) is 54.5 Å². The van der Waals surface area contributed by atoms with Crippen LogP contribution >= 0.6 is 0 Å². The quantitative estimate of drug-likeness (QED) is 0.697. The van der Waals surface area contributed by atoms with E-state index in [0.717, 1.165) is 40.4 Å². The zero-order chi connectivity index (χ0) is 19.9. The molecule has 0 saturated carbocycles. The van der Waals surface area contributed by atoms with Crippen molar-refractivity contribution in [1.82, 2.24) is 15.5 Å². The number of hydrogen-bond acceptors (Lipinski definition) is 4. The molecule has 3 N–H and O–H groups in total. The molecule has 0 aliphatic heterocycles. The van der Waals surface area contributed by atoms with E-state index in [0.29, 0.717) is 6.04 Å². The van der Waals surface area contributed by atoms with E-state index >= 15 is 0 Å². The Hall–Kier alpha value is -1.68. The molecule has 1 atom stereocenters. The normalized spacial score (nSPS) is 14.1. The van der Waals surface area contributed by atoms with Crippen molar-refractivity contribution >= 4 is 12.2 Å². The maximum Gasteiger partial charge on any atom is 0.0679 e. The van der Waals surface area contributed by atoms with Crippen LogP contribution in [0.25, 0.3) is 12.2 Å². The molecule has 148 valence electrons. The summed E-state index contributed by atoms with van der Waals surface area (Å²) in [6.07, 6.45) is 13.7. The Labute approximate surface area is 160 Å². The number of nitrogens with zero attached hydrogens (tertiary/aromatic N) is 2. The third kappa shape index (κ3) is 9.14. The van der Waals surface area contributed by atoms with Crippen LogP contribution < -0.4 is 21.5 Å². The first-order valence-corrected chi connectivity index (χ1v) is 10.1. The molecule has 1 aromatic heterocycles. The van der Waals surface area contributed by atoms with Gasteiger partial charge in [-0.2, -0.15) is 10.2 Å². The van der Waals surface area contributed by atoms with Gasteiger partial charge < -0.3 is 11.1 Å². The van der Waals surface area contributed by atoms with Gasteiger partial charge in [0.2, 0.25) is 0 Å². The lowest BCUT2D eigenvalue weighted by Gasteiger charge is -2.05. The first kappa shape index (κ1) is 24.3. The molecule has 0 bridgehead atoms. The Bertz CT molecular complexity index is 647. The van der Waals surface area contributed by atoms with E-state index in [-0.39, 0.29) is 0 Å². The third-order valence-electron chi connectivity index (χ3n) is 4.42. The van der Waals surface area contributed by atoms with Crippen molar-refractivity contribution in [3.63, 3.8) is 0 Å². The Morgan fingerprint density at radius 1 is 1.08 bits per heavy atom. The third-order valence-corrected chi connectivity index (χ3v) is 4.42. The van der Waals surface area contributed by atoms with E-state index in [4.69, 9.17) is 5.73 Å². The van der Waals surface area contributed by atoms with Crippen LogP contribution in [0.15, 0.2) is 11.8 Å². The minimum atomic E-state index is 0.455. The fourth-order valence-electron chi connectivity index (χ4n) is 2.66. The van der Waals surface area contributed by atoms with Crippen LogP contribution in [-0.2, 0) is 0 Å². The summed E-state index contributed by atoms with van der Waals surface area (Å²) in [7, 11) is 1.93. The van der Waals surface area contributed by atoms with Gasteiger partial charge in [0.1, 0.15) is 0 Å². The SMILES string of the molecule is C/C=c1/c(C)nnc(C)/c1=C/C(=C/CC)NC.CCCCCC(N)CC. The second kappa shape index (κ2) is 14.5. The fourth-order valence-corrected chi connectivity index (χ4v) is 2.66. The van der Waals surface area contributed by atoms with Crippen molar-refractivity contribution in [1.29, 1.82) is 0 Å². The molecule has 0 saturated heterocycles. The standard InChI is InChI=1S/C14H21N3.C8H19N/c1-6-8-12(15-5)9-14-11(4)17-16-10(3)13(14)7-2;1-3-5-6-7-8(9)4-2/h7-9,15H,6H2,1-5H3;8H,3-7,9H2,1-2H3/b12-8-,13-7-,14-9-;. The van der Waals surface area contributed by atoms with E-state index in [9.17, 15) is 0 Å². The lowest BCUT2D eigenvalue weighted by Crippen LogP contribution is -2.33. The molecule has 0 spiro atoms. The largest absolute Gasteiger partial charge is 0.388 e. The van der Waals surface area contributed by atoms with Gasteiger partial charge >= 0.3 is 0 Å². The molecule has 1 rings (SSSR count). The zero-order valence-corrected chi connectivity index (χ0v) is 18.0. The molecule has 0 aliphatic rings. The molecule has 0 radical (unpaired) electrons. The first-order valence-electron chi connectivity index (χ1n) is 10.1. The molecule has 4 heteroatoms. The monoisotopic (exact) mass is 360 g/mol. The molecule has 0 amide bonds. The topological polar surface area (TPSA) is 63.8 Å². The highest BCUT2D eigenvalue weighted by atomic mass is 15.1. The summed E-state index contributed by atoms with van der Waals surface area (Å²) in [5, 5.41) is 13.8. The van der Waals surface area contributed by atoms with Crippen LogP contribution in [-0.4, -0.2) is 23.3 Å². The molecule has 26 heavy (non-hydrogen) atoms. The number of nitrogens with one attached hydrogen (secondary N) is 1. The highest BCUT2D eigenvalue weighted by Crippen LogP contribution is 2.03. The first-order chi connectivity index (χ1) is 12.4. The van der Waals surface area contributed by atoms with Crippen molar-refractivity contribution in [3.05, 3.63) is 33.6 Å². The molecule has 1 aromatic rings. The number of allylic oxidation sites excluding steroid dienone is 2. The summed E-state index contributed by atoms with van der Waals surface area (Å²) in [6.45, 7) is 12.5. The van der Waals surface area contributed by atoms with Crippen LogP contribution in [0.3, 0.4) is 0 Å². The number of hydrogen-bond donors (Lipinski definition) is 2. The molecule has 4 nitrogen and oxygen atoms in total. The summed E-state index contributed by atoms with van der Waals surface area (Å²) in [4.78, 5) is 0. The smallest absolute Gasteiger partial charge is 0.0679 e. The average molecular weight is 361 g/mol. The lowest BCUT2D eigenvalue weighted by atomic mass is 10.1. The number of unbranched alkanes of at least 4 members (excludes halogenated alkanes) is 2. The maximum absolute atomic E-state index is 5.71. The number of nitrogens with two attached hydrogens (primary N) is 1. The summed E-state index contributed by atoms with van der Waals surface area (Å²) in [5.74, 6) is 0. The summed E-state index contributed by atoms with van der Waals surface area (Å²) in [6, 6.07) is 0.455. The maximum atomic E-state index is 5.71. The Balaban J connectivity index is 0.000000590. The second-order valence-electron chi connectivity index (χ2n) is 6.61. The highest BCUT2D eigenvalue weighted by Gasteiger charge is 1.99. The van der Waals surface area contributed by atoms with Crippen LogP contribution in [0.4, 0.5) is 0 Å². The minimum absolute atomic E-state index is 0.455. The molecular weight excluding hydrogens is 320 g/mol. The van der Waals surface area contributed by atoms with Gasteiger partial charge in [-0.25, -0.2) is 0 Å². The highest BCUT2D eigenvalue weighted by molar-refractivity contribution is 5.47. The molecule has 1 heterocycles. The van der Waals surface area contributed by atoms with Gasteiger partial charge in [-0.15, -0.1) is 0 Å². The van der Waals surface area contributed by atoms with Crippen LogP contribution in [0.2, 0.25) is 0 Å². The van der Waals surface area contributed by atoms with Crippen molar-refractivity contribution in [2.24, 2.45) is 5.73 Å². The van der Waals surface area contributed by atoms with Gasteiger partial charge in [0.25, 0.3) is 0 Å². The lowest BCUT2D eigenvalue weighted by molar-refractivity contribution is 0.547. The fraction of sp³-hybridized carbons (Fsp3) is 0.636. The van der Waals surface area contributed by atoms with E-state index in [1.807, 2.05) is 27.8 Å². The van der Waals surface area contributed by atoms with Crippen molar-refractivity contribution in [2.75, 3.05) is 7.05 Å². The van der Waals surface area contributed by atoms with E-state index in [1.165, 1.54) is 25.7 Å². The van der Waals surface area contributed by atoms with Gasteiger partial charge in [0, 0.05) is 29.2 Å². The molecule has 0 aliphatic carbocycles. The molecule has 1 unspecified atom stereocenters. The van der Waals surface area contributed by atoms with Crippen LogP contribution in [0.5, 0.6) is 0 Å². The summed E-state index contributed by atoms with van der Waals surface area (Å²) >= 11 is 0. The average Bonchev–Trinajstić information content (AvgIpc) is 2.64. The van der Waals surface area contributed by atoms with Gasteiger partial charge in [0.15, 0.2) is 0 Å². The Kier molecular flexibility index (Phi) is 13.5. The van der Waals surface area contributed by atoms with E-state index < -0.39 is 0 Å². The zero-order valence-electron chi connectivity index (χ0n) is 18.0. The molecule has 0 fully saturated rings. The van der Waals surface area contributed by atoms with Gasteiger partial charge in [-0.05, 0) is 46.1 Å². The van der Waals surface area contributed by atoms with Crippen molar-refractivity contribution in [3.8, 4) is 0 Å². The van der Waals surface area contributed by atoms with Gasteiger partial charge in [-0.3, -0.25) is 0 Å². The Morgan fingerprint density at radius 3 is 2.15 bits per heavy atom. The number of aromatic nitrogens is 2. The van der Waals surface area contributed by atoms with Gasteiger partial charge in [-0.1, -0.05) is 52.2 Å². The number of aryl methyl sites for hydroxylation is 2. The van der Waals surface area contributed by atoms with Crippen LogP contribution in [0, 0.1) is 13.8 Å². The summed E-state index contributed by atoms with van der Waals surface area (Å²) in [5.41, 5.74) is 8.76.